The quantitative estimate of drug-likeness (QED) is 0.310. The summed E-state index contributed by atoms with van der Waals surface area (Å²) in [6.45, 7) is 4.93. The monoisotopic (exact) mass is 745 g/mol. The lowest BCUT2D eigenvalue weighted by molar-refractivity contribution is -0.142. The Labute approximate surface area is 295 Å². The number of piperidine rings is 2. The van der Waals surface area contributed by atoms with Crippen LogP contribution >= 0.6 is 11.3 Å². The predicted molar refractivity (Wildman–Crippen MR) is 177 cm³/mol. The number of hydrogen-bond donors (Lipinski definition) is 2. The lowest BCUT2D eigenvalue weighted by Crippen LogP contribution is -2.54. The number of urea groups is 1. The number of nitrogens with one attached hydrogen (secondary N) is 1. The Bertz CT molecular complexity index is 1560. The summed E-state index contributed by atoms with van der Waals surface area (Å²) < 4.78 is 88.8. The molecule has 0 saturated carbocycles. The number of fused-ring (bicyclic) bond motifs is 1. The molecule has 6 rings (SSSR count). The number of nitrogens with zero attached hydrogens (tertiary/aromatic N) is 5. The second-order valence-electron chi connectivity index (χ2n) is 13.6. The zero-order valence-electron chi connectivity index (χ0n) is 28.1. The van der Waals surface area contributed by atoms with Crippen LogP contribution in [0.3, 0.4) is 0 Å². The first-order valence-corrected chi connectivity index (χ1v) is 17.8. The number of likely N-dealkylation sites (N-methyl/N-ethyl adjacent to an activating group) is 1. The van der Waals surface area contributed by atoms with Gasteiger partial charge in [-0.1, -0.05) is 0 Å². The molecule has 280 valence electrons. The van der Waals surface area contributed by atoms with E-state index in [1.54, 1.807) is 4.90 Å². The molecule has 0 aliphatic carbocycles. The van der Waals surface area contributed by atoms with E-state index in [1.165, 1.54) is 21.1 Å². The second kappa shape index (κ2) is 14.7. The summed E-state index contributed by atoms with van der Waals surface area (Å²) in [5.74, 6) is -0.689. The molecule has 3 fully saturated rings. The number of anilines is 2. The first kappa shape index (κ1) is 37.0. The number of halogens is 6. The van der Waals surface area contributed by atoms with Crippen molar-refractivity contribution in [2.75, 3.05) is 70.5 Å². The number of amides is 4. The highest BCUT2D eigenvalue weighted by molar-refractivity contribution is 7.10. The topological polar surface area (TPSA) is 115 Å². The lowest BCUT2D eigenvalue weighted by atomic mass is 9.97. The summed E-state index contributed by atoms with van der Waals surface area (Å²) in [5.41, 5.74) is 0.782. The van der Waals surface area contributed by atoms with E-state index in [9.17, 15) is 40.7 Å². The highest BCUT2D eigenvalue weighted by Crippen LogP contribution is 2.42. The maximum Gasteiger partial charge on any atom is 0.418 e. The third-order valence-electron chi connectivity index (χ3n) is 10.3. The molecule has 1 aromatic carbocycles. The van der Waals surface area contributed by atoms with E-state index in [1.807, 2.05) is 18.5 Å². The fourth-order valence-electron chi connectivity index (χ4n) is 7.37. The summed E-state index contributed by atoms with van der Waals surface area (Å²) in [4.78, 5) is 50.3. The van der Waals surface area contributed by atoms with Crippen LogP contribution < -0.4 is 11.1 Å². The lowest BCUT2D eigenvalue weighted by Gasteiger charge is -2.42. The van der Waals surface area contributed by atoms with Crippen LogP contribution in [0.15, 0.2) is 23.6 Å². The van der Waals surface area contributed by atoms with E-state index >= 15 is 0 Å². The number of ether oxygens (including phenoxy) is 1. The zero-order chi connectivity index (χ0) is 36.7. The summed E-state index contributed by atoms with van der Waals surface area (Å²) in [6, 6.07) is 2.58. The van der Waals surface area contributed by atoms with Crippen LogP contribution in [0.1, 0.15) is 47.3 Å². The Morgan fingerprint density at radius 1 is 0.902 bits per heavy atom. The van der Waals surface area contributed by atoms with Gasteiger partial charge in [0, 0.05) is 75.7 Å². The van der Waals surface area contributed by atoms with Crippen LogP contribution in [0.2, 0.25) is 0 Å². The Kier molecular flexibility index (Phi) is 10.7. The largest absolute Gasteiger partial charge is 0.436 e. The van der Waals surface area contributed by atoms with Crippen LogP contribution in [-0.2, 0) is 34.8 Å². The van der Waals surface area contributed by atoms with Gasteiger partial charge < -0.3 is 35.4 Å². The molecule has 3 saturated heterocycles. The van der Waals surface area contributed by atoms with Gasteiger partial charge in [0.2, 0.25) is 0 Å². The van der Waals surface area contributed by atoms with E-state index in [0.29, 0.717) is 57.5 Å². The van der Waals surface area contributed by atoms with Crippen molar-refractivity contribution in [3.8, 4) is 0 Å². The van der Waals surface area contributed by atoms with E-state index < -0.39 is 59.3 Å². The zero-order valence-corrected chi connectivity index (χ0v) is 28.9. The molecule has 3 N–H and O–H groups in total. The van der Waals surface area contributed by atoms with Gasteiger partial charge in [-0.25, -0.2) is 9.59 Å². The number of rotatable bonds is 6. The molecular weight excluding hydrogens is 704 g/mol. The fraction of sp³-hybridized carbons (Fsp3) is 0.606. The summed E-state index contributed by atoms with van der Waals surface area (Å²) in [6.07, 6.45) is -11.7. The number of carbonyl (C=O) groups is 3. The molecule has 4 aliphatic heterocycles. The Morgan fingerprint density at radius 3 is 2.06 bits per heavy atom. The molecule has 1 atom stereocenters. The third-order valence-corrected chi connectivity index (χ3v) is 11.3. The highest BCUT2D eigenvalue weighted by Gasteiger charge is 2.42. The number of nitrogen functional groups attached to an aromatic ring is 1. The molecule has 2 aromatic rings. The number of likely N-dealkylation sites (tertiary alicyclic amines) is 2. The average Bonchev–Trinajstić information content (AvgIpc) is 3.54. The number of nitrogens with two attached hydrogens (primary N) is 1. The van der Waals surface area contributed by atoms with Gasteiger partial charge in [-0.2, -0.15) is 26.3 Å². The minimum atomic E-state index is -5.21. The third kappa shape index (κ3) is 8.32. The van der Waals surface area contributed by atoms with Crippen molar-refractivity contribution in [3.63, 3.8) is 0 Å². The van der Waals surface area contributed by atoms with Crippen LogP contribution in [0.4, 0.5) is 47.3 Å². The first-order chi connectivity index (χ1) is 24.1. The van der Waals surface area contributed by atoms with E-state index in [2.05, 4.69) is 15.1 Å². The molecule has 4 aliphatic rings. The van der Waals surface area contributed by atoms with Crippen LogP contribution in [0.25, 0.3) is 0 Å². The molecule has 4 amide bonds. The molecular formula is C33H41F6N7O4S. The smallest absolute Gasteiger partial charge is 0.418 e. The minimum absolute atomic E-state index is 0.167. The van der Waals surface area contributed by atoms with Crippen molar-refractivity contribution in [1.82, 2.24) is 24.5 Å². The normalized spacial score (nSPS) is 21.0. The van der Waals surface area contributed by atoms with Crippen molar-refractivity contribution in [2.24, 2.45) is 0 Å². The highest BCUT2D eigenvalue weighted by atomic mass is 32.1. The fourth-order valence-corrected chi connectivity index (χ4v) is 8.20. The molecule has 51 heavy (non-hydrogen) atoms. The number of benzene rings is 1. The van der Waals surface area contributed by atoms with Crippen molar-refractivity contribution in [2.45, 2.75) is 69.2 Å². The van der Waals surface area contributed by atoms with Gasteiger partial charge in [-0.15, -0.1) is 11.3 Å². The maximum absolute atomic E-state index is 13.9. The molecule has 11 nitrogen and oxygen atoms in total. The van der Waals surface area contributed by atoms with Crippen molar-refractivity contribution in [1.29, 1.82) is 0 Å². The number of piperazine rings is 1. The summed E-state index contributed by atoms with van der Waals surface area (Å²) in [7, 11) is 2.05. The van der Waals surface area contributed by atoms with Gasteiger partial charge in [0.15, 0.2) is 6.10 Å². The van der Waals surface area contributed by atoms with Gasteiger partial charge in [-0.05, 0) is 61.9 Å². The first-order valence-electron chi connectivity index (χ1n) is 17.0. The van der Waals surface area contributed by atoms with Crippen LogP contribution in [0.5, 0.6) is 0 Å². The SMILES string of the molecule is CN1CCN(C2CCN(C(=O)[C@@H](Cc3cc(C(F)(F)F)c(N)c(C(F)(F)F)c3)OC(=O)N3CCC(N4Cc5sccc5NC4=O)CC3)CC2)CC1. The van der Waals surface area contributed by atoms with Crippen molar-refractivity contribution >= 4 is 40.7 Å². The molecule has 0 bridgehead atoms. The Balaban J connectivity index is 1.17. The van der Waals surface area contributed by atoms with Gasteiger partial charge >= 0.3 is 24.5 Å². The van der Waals surface area contributed by atoms with Crippen LogP contribution in [-0.4, -0.2) is 120 Å². The second-order valence-corrected chi connectivity index (χ2v) is 14.6. The van der Waals surface area contributed by atoms with E-state index in [4.69, 9.17) is 10.5 Å². The number of hydrogen-bond acceptors (Lipinski definition) is 8. The van der Waals surface area contributed by atoms with Crippen LogP contribution in [0, 0.1) is 0 Å². The van der Waals surface area contributed by atoms with E-state index in [0.717, 1.165) is 36.7 Å². The van der Waals surface area contributed by atoms with Gasteiger partial charge in [-0.3, -0.25) is 9.69 Å². The van der Waals surface area contributed by atoms with Crippen molar-refractivity contribution < 1.29 is 45.5 Å². The maximum atomic E-state index is 13.9. The molecule has 0 spiro atoms. The summed E-state index contributed by atoms with van der Waals surface area (Å²) in [5, 5.41) is 4.75. The minimum Gasteiger partial charge on any atom is -0.436 e. The standard InChI is InChI=1S/C33H41F6N7O4S/c1-42-11-13-43(14-12-42)21-2-7-44(8-3-21)29(47)26(18-20-16-23(32(34,35)36)28(40)24(17-20)33(37,38)39)50-31(49)45-9-4-22(5-10-45)46-19-27-25(6-15-51-27)41-30(46)48/h6,15-17,21-22,26H,2-5,7-14,18-19,40H2,1H3,(H,41,48)/t26-/m1/s1. The molecule has 18 heteroatoms. The summed E-state index contributed by atoms with van der Waals surface area (Å²) >= 11 is 1.52. The Morgan fingerprint density at radius 2 is 1.47 bits per heavy atom. The number of thiophene rings is 1. The number of carbonyl (C=O) groups excluding carboxylic acids is 3. The molecule has 0 unspecified atom stereocenters. The van der Waals surface area contributed by atoms with Gasteiger partial charge in [0.05, 0.1) is 29.0 Å². The predicted octanol–water partition coefficient (Wildman–Crippen LogP) is 5.17. The van der Waals surface area contributed by atoms with Gasteiger partial charge in [0.25, 0.3) is 5.91 Å². The Hall–Kier alpha value is -3.77. The number of alkyl halides is 6. The average molecular weight is 746 g/mol. The van der Waals surface area contributed by atoms with Gasteiger partial charge in [0.1, 0.15) is 0 Å². The molecule has 1 aromatic heterocycles. The molecule has 5 heterocycles. The van der Waals surface area contributed by atoms with E-state index in [-0.39, 0.29) is 31.2 Å². The molecule has 0 radical (unpaired) electrons. The van der Waals surface area contributed by atoms with Crippen molar-refractivity contribution in [3.05, 3.63) is 45.1 Å².